The Labute approximate surface area is 153 Å². The normalized spacial score (nSPS) is 18.3. The first-order valence-corrected chi connectivity index (χ1v) is 10.3. The van der Waals surface area contributed by atoms with Gasteiger partial charge in [0.2, 0.25) is 0 Å². The lowest BCUT2D eigenvalue weighted by atomic mass is 9.99. The van der Waals surface area contributed by atoms with E-state index in [9.17, 15) is 13.2 Å². The van der Waals surface area contributed by atoms with Gasteiger partial charge in [0.25, 0.3) is 0 Å². The highest BCUT2D eigenvalue weighted by Crippen LogP contribution is 2.29. The fourth-order valence-electron chi connectivity index (χ4n) is 3.00. The second kappa shape index (κ2) is 7.78. The van der Waals surface area contributed by atoms with E-state index in [4.69, 9.17) is 4.74 Å². The SMILES string of the molecule is COc1ccc(CNC(=O)Nc2ccc([C@@H]3CCS(=O)(=O)C3)cc2)cc1. The Morgan fingerprint density at radius 2 is 1.81 bits per heavy atom. The van der Waals surface area contributed by atoms with Crippen LogP contribution >= 0.6 is 0 Å². The van der Waals surface area contributed by atoms with Crippen molar-refractivity contribution in [3.63, 3.8) is 0 Å². The van der Waals surface area contributed by atoms with Crippen molar-refractivity contribution in [3.05, 3.63) is 59.7 Å². The zero-order valence-corrected chi connectivity index (χ0v) is 15.4. The third-order valence-electron chi connectivity index (χ3n) is 4.48. The molecule has 26 heavy (non-hydrogen) atoms. The number of nitrogens with one attached hydrogen (secondary N) is 2. The number of rotatable bonds is 5. The fourth-order valence-corrected chi connectivity index (χ4v) is 4.78. The van der Waals surface area contributed by atoms with Crippen LogP contribution in [0.15, 0.2) is 48.5 Å². The molecule has 138 valence electrons. The van der Waals surface area contributed by atoms with Gasteiger partial charge < -0.3 is 15.4 Å². The molecule has 2 amide bonds. The van der Waals surface area contributed by atoms with Crippen LogP contribution in [0.5, 0.6) is 5.75 Å². The summed E-state index contributed by atoms with van der Waals surface area (Å²) in [6.07, 6.45) is 0.664. The Bertz CT molecular complexity index is 861. The largest absolute Gasteiger partial charge is 0.497 e. The second-order valence-electron chi connectivity index (χ2n) is 6.38. The number of carbonyl (C=O) groups excluding carboxylic acids is 1. The zero-order valence-electron chi connectivity index (χ0n) is 14.6. The van der Waals surface area contributed by atoms with E-state index in [1.165, 1.54) is 0 Å². The first-order chi connectivity index (χ1) is 12.4. The Hall–Kier alpha value is -2.54. The van der Waals surface area contributed by atoms with E-state index < -0.39 is 9.84 Å². The van der Waals surface area contributed by atoms with Crippen LogP contribution in [-0.2, 0) is 16.4 Å². The topological polar surface area (TPSA) is 84.5 Å². The Morgan fingerprint density at radius 1 is 1.12 bits per heavy atom. The standard InChI is InChI=1S/C19H22N2O4S/c1-25-18-8-2-14(3-9-18)12-20-19(22)21-17-6-4-15(5-7-17)16-10-11-26(23,24)13-16/h2-9,16H,10-13H2,1H3,(H2,20,21,22)/t16-/m1/s1. The highest BCUT2D eigenvalue weighted by Gasteiger charge is 2.28. The van der Waals surface area contributed by atoms with Crippen LogP contribution in [0.25, 0.3) is 0 Å². The summed E-state index contributed by atoms with van der Waals surface area (Å²) in [5.41, 5.74) is 2.64. The third kappa shape index (κ3) is 4.76. The van der Waals surface area contributed by atoms with Gasteiger partial charge in [-0.2, -0.15) is 0 Å². The van der Waals surface area contributed by atoms with Gasteiger partial charge in [0.15, 0.2) is 9.84 Å². The molecule has 1 heterocycles. The number of sulfone groups is 1. The van der Waals surface area contributed by atoms with Gasteiger partial charge in [0.1, 0.15) is 5.75 Å². The van der Waals surface area contributed by atoms with E-state index in [1.54, 1.807) is 19.2 Å². The van der Waals surface area contributed by atoms with E-state index in [2.05, 4.69) is 10.6 Å². The van der Waals surface area contributed by atoms with Crippen LogP contribution in [0, 0.1) is 0 Å². The lowest BCUT2D eigenvalue weighted by Gasteiger charge is -2.11. The number of hydrogen-bond donors (Lipinski definition) is 2. The highest BCUT2D eigenvalue weighted by molar-refractivity contribution is 7.91. The minimum atomic E-state index is -2.90. The molecular weight excluding hydrogens is 352 g/mol. The Balaban J connectivity index is 1.51. The smallest absolute Gasteiger partial charge is 0.319 e. The van der Waals surface area contributed by atoms with Gasteiger partial charge in [-0.3, -0.25) is 0 Å². The number of anilines is 1. The maximum Gasteiger partial charge on any atom is 0.319 e. The van der Waals surface area contributed by atoms with E-state index >= 15 is 0 Å². The summed E-state index contributed by atoms with van der Waals surface area (Å²) in [6.45, 7) is 0.411. The van der Waals surface area contributed by atoms with Crippen molar-refractivity contribution in [3.8, 4) is 5.75 Å². The zero-order chi connectivity index (χ0) is 18.6. The minimum Gasteiger partial charge on any atom is -0.497 e. The molecule has 1 fully saturated rings. The maximum atomic E-state index is 12.0. The predicted octanol–water partition coefficient (Wildman–Crippen LogP) is 2.92. The van der Waals surface area contributed by atoms with Crippen molar-refractivity contribution >= 4 is 21.6 Å². The molecule has 3 rings (SSSR count). The number of benzene rings is 2. The van der Waals surface area contributed by atoms with Crippen LogP contribution in [-0.4, -0.2) is 33.1 Å². The average Bonchev–Trinajstić information content (AvgIpc) is 3.01. The fraction of sp³-hybridized carbons (Fsp3) is 0.316. The van der Waals surface area contributed by atoms with Crippen LogP contribution in [0.4, 0.5) is 10.5 Å². The van der Waals surface area contributed by atoms with Crippen molar-refractivity contribution in [2.24, 2.45) is 0 Å². The van der Waals surface area contributed by atoms with E-state index in [-0.39, 0.29) is 23.5 Å². The molecule has 0 unspecified atom stereocenters. The predicted molar refractivity (Wildman–Crippen MR) is 101 cm³/mol. The molecule has 1 saturated heterocycles. The number of carbonyl (C=O) groups is 1. The van der Waals surface area contributed by atoms with E-state index in [1.807, 2.05) is 36.4 Å². The summed E-state index contributed by atoms with van der Waals surface area (Å²) < 4.78 is 28.3. The van der Waals surface area contributed by atoms with Gasteiger partial charge in [-0.05, 0) is 47.7 Å². The molecule has 2 N–H and O–H groups in total. The lowest BCUT2D eigenvalue weighted by Crippen LogP contribution is -2.28. The number of methoxy groups -OCH3 is 1. The molecule has 1 aliphatic heterocycles. The molecule has 0 radical (unpaired) electrons. The van der Waals surface area contributed by atoms with Crippen LogP contribution in [0.1, 0.15) is 23.5 Å². The summed E-state index contributed by atoms with van der Waals surface area (Å²) in [7, 11) is -1.29. The monoisotopic (exact) mass is 374 g/mol. The van der Waals surface area contributed by atoms with Gasteiger partial charge in [0, 0.05) is 12.2 Å². The van der Waals surface area contributed by atoms with E-state index in [0.29, 0.717) is 18.7 Å². The molecule has 7 heteroatoms. The van der Waals surface area contributed by atoms with Crippen LogP contribution in [0.3, 0.4) is 0 Å². The van der Waals surface area contributed by atoms with E-state index in [0.717, 1.165) is 16.9 Å². The van der Waals surface area contributed by atoms with Gasteiger partial charge in [-0.25, -0.2) is 13.2 Å². The molecule has 1 aliphatic rings. The van der Waals surface area contributed by atoms with Crippen molar-refractivity contribution in [1.29, 1.82) is 0 Å². The molecule has 1 atom stereocenters. The molecule has 0 spiro atoms. The summed E-state index contributed by atoms with van der Waals surface area (Å²) in [6, 6.07) is 14.5. The van der Waals surface area contributed by atoms with Gasteiger partial charge in [-0.15, -0.1) is 0 Å². The number of hydrogen-bond acceptors (Lipinski definition) is 4. The minimum absolute atomic E-state index is 0.0537. The lowest BCUT2D eigenvalue weighted by molar-refractivity contribution is 0.251. The molecule has 2 aromatic carbocycles. The van der Waals surface area contributed by atoms with Crippen molar-refractivity contribution < 1.29 is 17.9 Å². The van der Waals surface area contributed by atoms with Gasteiger partial charge in [-0.1, -0.05) is 24.3 Å². The summed E-state index contributed by atoms with van der Waals surface area (Å²) >= 11 is 0. The number of ether oxygens (including phenoxy) is 1. The molecule has 0 saturated carbocycles. The van der Waals surface area contributed by atoms with Gasteiger partial charge >= 0.3 is 6.03 Å². The average molecular weight is 374 g/mol. The summed E-state index contributed by atoms with van der Waals surface area (Å²) in [5, 5.41) is 5.57. The van der Waals surface area contributed by atoms with Crippen LogP contribution < -0.4 is 15.4 Å². The summed E-state index contributed by atoms with van der Waals surface area (Å²) in [4.78, 5) is 12.0. The van der Waals surface area contributed by atoms with Crippen molar-refractivity contribution in [2.45, 2.75) is 18.9 Å². The molecular formula is C19H22N2O4S. The molecule has 2 aromatic rings. The molecule has 0 aromatic heterocycles. The van der Waals surface area contributed by atoms with Crippen molar-refractivity contribution in [1.82, 2.24) is 5.32 Å². The first kappa shape index (κ1) is 18.3. The van der Waals surface area contributed by atoms with Gasteiger partial charge in [0.05, 0.1) is 18.6 Å². The first-order valence-electron chi connectivity index (χ1n) is 8.43. The quantitative estimate of drug-likeness (QED) is 0.843. The number of urea groups is 1. The maximum absolute atomic E-state index is 12.0. The van der Waals surface area contributed by atoms with Crippen LogP contribution in [0.2, 0.25) is 0 Å². The molecule has 0 bridgehead atoms. The highest BCUT2D eigenvalue weighted by atomic mass is 32.2. The second-order valence-corrected chi connectivity index (χ2v) is 8.61. The third-order valence-corrected chi connectivity index (χ3v) is 6.25. The Kier molecular flexibility index (Phi) is 5.46. The van der Waals surface area contributed by atoms with Crippen molar-refractivity contribution in [2.75, 3.05) is 23.9 Å². The Morgan fingerprint density at radius 3 is 2.38 bits per heavy atom. The molecule has 6 nitrogen and oxygen atoms in total. The molecule has 0 aliphatic carbocycles. The summed E-state index contributed by atoms with van der Waals surface area (Å²) in [5.74, 6) is 1.29. The number of amides is 2.